The lowest BCUT2D eigenvalue weighted by atomic mass is 10.2. The zero-order valence-corrected chi connectivity index (χ0v) is 10.8. The predicted molar refractivity (Wildman–Crippen MR) is 70.5 cm³/mol. The van der Waals surface area contributed by atoms with E-state index in [9.17, 15) is 13.2 Å². The highest BCUT2D eigenvalue weighted by molar-refractivity contribution is 7.16. The Morgan fingerprint density at radius 1 is 1.37 bits per heavy atom. The monoisotopic (exact) mass is 287 g/mol. The molecule has 1 aromatic carbocycles. The molecule has 1 fully saturated rings. The number of thiazole rings is 1. The number of nitrogens with zero attached hydrogens (tertiary/aromatic N) is 2. The molecule has 0 aliphatic heterocycles. The standard InChI is InChI=1S/C12H12F3N3S/c13-12(14,15)5-18(7-1-2-7)8-3-4-9-11(10(8)16)17-6-19-9/h3-4,6-7H,1-2,5,16H2. The smallest absolute Gasteiger partial charge is 0.395 e. The van der Waals surface area contributed by atoms with E-state index in [2.05, 4.69) is 4.98 Å². The molecule has 3 nitrogen and oxygen atoms in total. The van der Waals surface area contributed by atoms with Gasteiger partial charge in [-0.15, -0.1) is 11.3 Å². The zero-order valence-electron chi connectivity index (χ0n) is 9.94. The molecule has 0 bridgehead atoms. The number of benzene rings is 1. The predicted octanol–water partition coefficient (Wildman–Crippen LogP) is 3.41. The molecule has 0 spiro atoms. The molecule has 1 aromatic heterocycles. The summed E-state index contributed by atoms with van der Waals surface area (Å²) in [4.78, 5) is 5.48. The molecule has 0 amide bonds. The molecule has 0 atom stereocenters. The second-order valence-corrected chi connectivity index (χ2v) is 5.56. The quantitative estimate of drug-likeness (QED) is 0.880. The van der Waals surface area contributed by atoms with E-state index in [1.165, 1.54) is 16.2 Å². The van der Waals surface area contributed by atoms with Gasteiger partial charge in [-0.1, -0.05) is 0 Å². The topological polar surface area (TPSA) is 42.1 Å². The van der Waals surface area contributed by atoms with Gasteiger partial charge in [0.25, 0.3) is 0 Å². The Bertz CT molecular complexity index is 604. The Balaban J connectivity index is 2.02. The molecule has 19 heavy (non-hydrogen) atoms. The second-order valence-electron chi connectivity index (χ2n) is 4.67. The van der Waals surface area contributed by atoms with Gasteiger partial charge in [-0.2, -0.15) is 13.2 Å². The summed E-state index contributed by atoms with van der Waals surface area (Å²) in [5.41, 5.74) is 9.01. The van der Waals surface area contributed by atoms with E-state index in [1.807, 2.05) is 0 Å². The van der Waals surface area contributed by atoms with Crippen molar-refractivity contribution >= 4 is 32.9 Å². The van der Waals surface area contributed by atoms with Crippen LogP contribution >= 0.6 is 11.3 Å². The molecule has 2 aromatic rings. The molecule has 0 unspecified atom stereocenters. The molecule has 3 rings (SSSR count). The van der Waals surface area contributed by atoms with Crippen LogP contribution in [0.2, 0.25) is 0 Å². The maximum absolute atomic E-state index is 12.7. The maximum atomic E-state index is 12.7. The van der Waals surface area contributed by atoms with Crippen LogP contribution in [-0.4, -0.2) is 23.7 Å². The Hall–Kier alpha value is -1.50. The summed E-state index contributed by atoms with van der Waals surface area (Å²) in [6.45, 7) is -0.961. The molecule has 7 heteroatoms. The van der Waals surface area contributed by atoms with Crippen LogP contribution in [-0.2, 0) is 0 Å². The number of hydrogen-bond acceptors (Lipinski definition) is 4. The van der Waals surface area contributed by atoms with Crippen LogP contribution in [0.15, 0.2) is 17.6 Å². The highest BCUT2D eigenvalue weighted by atomic mass is 32.1. The van der Waals surface area contributed by atoms with Crippen molar-refractivity contribution in [3.05, 3.63) is 17.6 Å². The fourth-order valence-corrected chi connectivity index (χ4v) is 2.87. The number of halogens is 3. The SMILES string of the molecule is Nc1c(N(CC(F)(F)F)C2CC2)ccc2scnc12. The number of hydrogen-bond donors (Lipinski definition) is 1. The molecular weight excluding hydrogens is 275 g/mol. The normalized spacial score (nSPS) is 15.9. The maximum Gasteiger partial charge on any atom is 0.405 e. The van der Waals surface area contributed by atoms with E-state index in [4.69, 9.17) is 5.73 Å². The average Bonchev–Trinajstić information content (AvgIpc) is 3.04. The molecule has 0 radical (unpaired) electrons. The number of alkyl halides is 3. The fraction of sp³-hybridized carbons (Fsp3) is 0.417. The fourth-order valence-electron chi connectivity index (χ4n) is 2.18. The third-order valence-electron chi connectivity index (χ3n) is 3.17. The van der Waals surface area contributed by atoms with Crippen molar-refractivity contribution in [2.75, 3.05) is 17.2 Å². The zero-order chi connectivity index (χ0) is 13.6. The molecule has 1 heterocycles. The Labute approximate surface area is 111 Å². The molecule has 1 aliphatic carbocycles. The van der Waals surface area contributed by atoms with Crippen LogP contribution in [0.1, 0.15) is 12.8 Å². The highest BCUT2D eigenvalue weighted by Crippen LogP contribution is 2.39. The summed E-state index contributed by atoms with van der Waals surface area (Å²) >= 11 is 1.43. The van der Waals surface area contributed by atoms with E-state index in [0.717, 1.165) is 17.5 Å². The van der Waals surface area contributed by atoms with Crippen molar-refractivity contribution in [3.8, 4) is 0 Å². The van der Waals surface area contributed by atoms with E-state index in [1.54, 1.807) is 17.6 Å². The van der Waals surface area contributed by atoms with Crippen LogP contribution in [0.5, 0.6) is 0 Å². The highest BCUT2D eigenvalue weighted by Gasteiger charge is 2.39. The molecule has 1 aliphatic rings. The van der Waals surface area contributed by atoms with Gasteiger partial charge in [0.15, 0.2) is 0 Å². The van der Waals surface area contributed by atoms with Gasteiger partial charge in [0, 0.05) is 6.04 Å². The average molecular weight is 287 g/mol. The molecule has 2 N–H and O–H groups in total. The first-order valence-corrected chi connectivity index (χ1v) is 6.79. The lowest BCUT2D eigenvalue weighted by molar-refractivity contribution is -0.119. The summed E-state index contributed by atoms with van der Waals surface area (Å²) in [5.74, 6) is 0. The minimum absolute atomic E-state index is 0.0555. The van der Waals surface area contributed by atoms with Crippen molar-refractivity contribution in [2.45, 2.75) is 25.1 Å². The lowest BCUT2D eigenvalue weighted by Gasteiger charge is -2.27. The van der Waals surface area contributed by atoms with Crippen molar-refractivity contribution in [1.29, 1.82) is 0 Å². The lowest BCUT2D eigenvalue weighted by Crippen LogP contribution is -2.36. The molecule has 1 saturated carbocycles. The van der Waals surface area contributed by atoms with Crippen LogP contribution in [0.3, 0.4) is 0 Å². The summed E-state index contributed by atoms with van der Waals surface area (Å²) in [6, 6.07) is 3.39. The number of rotatable bonds is 3. The van der Waals surface area contributed by atoms with Crippen molar-refractivity contribution < 1.29 is 13.2 Å². The summed E-state index contributed by atoms with van der Waals surface area (Å²) in [5, 5.41) is 0. The van der Waals surface area contributed by atoms with Gasteiger partial charge in [0.2, 0.25) is 0 Å². The van der Waals surface area contributed by atoms with Crippen LogP contribution < -0.4 is 10.6 Å². The minimum atomic E-state index is -4.23. The Kier molecular flexibility index (Phi) is 2.81. The first-order chi connectivity index (χ1) is 8.96. The van der Waals surface area contributed by atoms with Gasteiger partial charge in [-0.25, -0.2) is 4.98 Å². The first-order valence-electron chi connectivity index (χ1n) is 5.91. The van der Waals surface area contributed by atoms with Crippen molar-refractivity contribution in [2.24, 2.45) is 0 Å². The summed E-state index contributed by atoms with van der Waals surface area (Å²) < 4.78 is 38.9. The van der Waals surface area contributed by atoms with Gasteiger partial charge in [-0.3, -0.25) is 0 Å². The molecule has 0 saturated heterocycles. The van der Waals surface area contributed by atoms with Crippen LogP contribution in [0, 0.1) is 0 Å². The van der Waals surface area contributed by atoms with Gasteiger partial charge < -0.3 is 10.6 Å². The van der Waals surface area contributed by atoms with Crippen LogP contribution in [0.4, 0.5) is 24.5 Å². The summed E-state index contributed by atoms with van der Waals surface area (Å²) in [7, 11) is 0. The first kappa shape index (κ1) is 12.5. The van der Waals surface area contributed by atoms with E-state index >= 15 is 0 Å². The molecule has 102 valence electrons. The number of aromatic nitrogens is 1. The minimum Gasteiger partial charge on any atom is -0.395 e. The van der Waals surface area contributed by atoms with Gasteiger partial charge in [0.05, 0.1) is 21.6 Å². The second kappa shape index (κ2) is 4.26. The van der Waals surface area contributed by atoms with Crippen LogP contribution in [0.25, 0.3) is 10.2 Å². The van der Waals surface area contributed by atoms with Crippen molar-refractivity contribution in [3.63, 3.8) is 0 Å². The largest absolute Gasteiger partial charge is 0.405 e. The third kappa shape index (κ3) is 2.47. The van der Waals surface area contributed by atoms with E-state index in [0.29, 0.717) is 16.9 Å². The third-order valence-corrected chi connectivity index (χ3v) is 3.96. The Morgan fingerprint density at radius 2 is 2.11 bits per heavy atom. The number of anilines is 2. The van der Waals surface area contributed by atoms with Gasteiger partial charge >= 0.3 is 6.18 Å². The van der Waals surface area contributed by atoms with E-state index in [-0.39, 0.29) is 6.04 Å². The van der Waals surface area contributed by atoms with Crippen molar-refractivity contribution in [1.82, 2.24) is 4.98 Å². The number of nitrogens with two attached hydrogens (primary N) is 1. The number of nitrogen functional groups attached to an aromatic ring is 1. The van der Waals surface area contributed by atoms with E-state index < -0.39 is 12.7 Å². The molecular formula is C12H12F3N3S. The van der Waals surface area contributed by atoms with Gasteiger partial charge in [-0.05, 0) is 25.0 Å². The number of fused-ring (bicyclic) bond motifs is 1. The van der Waals surface area contributed by atoms with Gasteiger partial charge in [0.1, 0.15) is 12.1 Å². The summed E-state index contributed by atoms with van der Waals surface area (Å²) in [6.07, 6.45) is -2.67. The Morgan fingerprint density at radius 3 is 2.74 bits per heavy atom.